The summed E-state index contributed by atoms with van der Waals surface area (Å²) in [5.41, 5.74) is 1.22. The van der Waals surface area contributed by atoms with Crippen LogP contribution in [0.3, 0.4) is 0 Å². The maximum absolute atomic E-state index is 8.76. The van der Waals surface area contributed by atoms with Gasteiger partial charge in [-0.05, 0) is 28.1 Å². The Bertz CT molecular complexity index is 414. The molecule has 0 radical (unpaired) electrons. The van der Waals surface area contributed by atoms with Gasteiger partial charge in [0.2, 0.25) is 0 Å². The Balaban J connectivity index is 2.37. The Morgan fingerprint density at radius 3 is 3.20 bits per heavy atom. The number of hydrogen-bond donors (Lipinski definition) is 0. The number of halogens is 1. The van der Waals surface area contributed by atoms with Crippen LogP contribution in [0.1, 0.15) is 6.42 Å². The minimum Gasteiger partial charge on any atom is -0.368 e. The lowest BCUT2D eigenvalue weighted by atomic mass is 10.2. The summed E-state index contributed by atoms with van der Waals surface area (Å²) >= 11 is 5.39. The first kappa shape index (κ1) is 10.8. The average molecular weight is 283 g/mol. The third kappa shape index (κ3) is 1.99. The second-order valence-electron chi connectivity index (χ2n) is 3.52. The molecule has 0 aromatic heterocycles. The van der Waals surface area contributed by atoms with Crippen molar-refractivity contribution in [2.45, 2.75) is 17.4 Å². The fourth-order valence-corrected chi connectivity index (χ4v) is 3.79. The van der Waals surface area contributed by atoms with Crippen molar-refractivity contribution in [2.75, 3.05) is 17.7 Å². The number of anilines is 1. The highest BCUT2D eigenvalue weighted by Gasteiger charge is 2.25. The number of thioether (sulfide) groups is 1. The average Bonchev–Trinajstić information content (AvgIpc) is 2.22. The Morgan fingerprint density at radius 2 is 2.47 bits per heavy atom. The van der Waals surface area contributed by atoms with Gasteiger partial charge < -0.3 is 4.90 Å². The largest absolute Gasteiger partial charge is 0.368 e. The summed E-state index contributed by atoms with van der Waals surface area (Å²) in [6.45, 7) is 0. The molecular formula is C11H11BrN2S. The van der Waals surface area contributed by atoms with Crippen molar-refractivity contribution in [3.63, 3.8) is 0 Å². The molecule has 2 rings (SSSR count). The molecule has 1 aromatic rings. The second kappa shape index (κ2) is 4.46. The normalized spacial score (nSPS) is 19.5. The monoisotopic (exact) mass is 282 g/mol. The zero-order chi connectivity index (χ0) is 10.8. The molecule has 0 saturated carbocycles. The summed E-state index contributed by atoms with van der Waals surface area (Å²) in [6.07, 6.45) is 0.588. The first-order valence-corrected chi connectivity index (χ1v) is 6.53. The molecule has 4 heteroatoms. The van der Waals surface area contributed by atoms with Crippen LogP contribution in [0.2, 0.25) is 0 Å². The molecule has 0 aliphatic carbocycles. The molecule has 78 valence electrons. The molecule has 1 heterocycles. The van der Waals surface area contributed by atoms with E-state index in [1.165, 1.54) is 10.6 Å². The van der Waals surface area contributed by atoms with Gasteiger partial charge in [-0.25, -0.2) is 0 Å². The van der Waals surface area contributed by atoms with Crippen LogP contribution in [0.4, 0.5) is 5.69 Å². The molecular weight excluding hydrogens is 272 g/mol. The van der Waals surface area contributed by atoms with Gasteiger partial charge in [0.15, 0.2) is 0 Å². The van der Waals surface area contributed by atoms with E-state index >= 15 is 0 Å². The van der Waals surface area contributed by atoms with Crippen molar-refractivity contribution in [1.82, 2.24) is 0 Å². The van der Waals surface area contributed by atoms with Gasteiger partial charge in [0, 0.05) is 22.2 Å². The number of nitrogens with zero attached hydrogens (tertiary/aromatic N) is 2. The predicted molar refractivity (Wildman–Crippen MR) is 67.3 cm³/mol. The van der Waals surface area contributed by atoms with Crippen molar-refractivity contribution in [1.29, 1.82) is 5.26 Å². The van der Waals surface area contributed by atoms with Gasteiger partial charge in [-0.3, -0.25) is 0 Å². The number of fused-ring (bicyclic) bond motifs is 1. The van der Waals surface area contributed by atoms with Crippen LogP contribution >= 0.6 is 27.7 Å². The molecule has 0 amide bonds. The molecule has 15 heavy (non-hydrogen) atoms. The molecule has 1 atom stereocenters. The Hall–Kier alpha value is -0.660. The van der Waals surface area contributed by atoms with E-state index in [1.54, 1.807) is 0 Å². The van der Waals surface area contributed by atoms with E-state index in [1.807, 2.05) is 23.9 Å². The quantitative estimate of drug-likeness (QED) is 0.791. The molecule has 2 nitrogen and oxygen atoms in total. The van der Waals surface area contributed by atoms with E-state index in [2.05, 4.69) is 40.0 Å². The summed E-state index contributed by atoms with van der Waals surface area (Å²) in [5, 5.41) is 8.76. The van der Waals surface area contributed by atoms with Crippen molar-refractivity contribution >= 4 is 33.4 Å². The summed E-state index contributed by atoms with van der Waals surface area (Å²) in [5.74, 6) is 0.994. The number of benzene rings is 1. The van der Waals surface area contributed by atoms with Crippen molar-refractivity contribution in [2.24, 2.45) is 0 Å². The van der Waals surface area contributed by atoms with Crippen molar-refractivity contribution in [3.8, 4) is 6.07 Å². The van der Waals surface area contributed by atoms with Crippen molar-refractivity contribution < 1.29 is 0 Å². The Labute approximate surface area is 102 Å². The first-order chi connectivity index (χ1) is 7.24. The first-order valence-electron chi connectivity index (χ1n) is 4.75. The van der Waals surface area contributed by atoms with Crippen LogP contribution in [-0.2, 0) is 0 Å². The van der Waals surface area contributed by atoms with Crippen LogP contribution in [-0.4, -0.2) is 18.8 Å². The predicted octanol–water partition coefficient (Wildman–Crippen LogP) is 3.27. The van der Waals surface area contributed by atoms with Gasteiger partial charge >= 0.3 is 0 Å². The molecule has 0 fully saturated rings. The summed E-state index contributed by atoms with van der Waals surface area (Å²) < 4.78 is 1.11. The smallest absolute Gasteiger partial charge is 0.0649 e. The third-order valence-electron chi connectivity index (χ3n) is 2.61. The second-order valence-corrected chi connectivity index (χ2v) is 5.44. The van der Waals surface area contributed by atoms with Gasteiger partial charge in [0.1, 0.15) is 0 Å². The fraction of sp³-hybridized carbons (Fsp3) is 0.364. The lowest BCUT2D eigenvalue weighted by Gasteiger charge is -2.35. The zero-order valence-corrected chi connectivity index (χ0v) is 10.8. The molecule has 0 spiro atoms. The number of nitriles is 1. The van der Waals surface area contributed by atoms with Crippen LogP contribution in [0.5, 0.6) is 0 Å². The van der Waals surface area contributed by atoms with E-state index in [-0.39, 0.29) is 0 Å². The topological polar surface area (TPSA) is 27.0 Å². The standard InChI is InChI=1S/C11H11BrN2S/c1-14-8(5-6-13)7-15-10-4-2-3-9(12)11(10)14/h2-4,8H,5,7H2,1H3. The lowest BCUT2D eigenvalue weighted by molar-refractivity contribution is 0.697. The Kier molecular flexibility index (Phi) is 3.22. The number of rotatable bonds is 1. The lowest BCUT2D eigenvalue weighted by Crippen LogP contribution is -2.36. The Morgan fingerprint density at radius 1 is 1.67 bits per heavy atom. The zero-order valence-electron chi connectivity index (χ0n) is 8.40. The van der Waals surface area contributed by atoms with Gasteiger partial charge in [0.25, 0.3) is 0 Å². The SMILES string of the molecule is CN1c2c(Br)cccc2SCC1CC#N. The molecule has 0 N–H and O–H groups in total. The van der Waals surface area contributed by atoms with E-state index in [0.29, 0.717) is 12.5 Å². The molecule has 1 aliphatic heterocycles. The summed E-state index contributed by atoms with van der Waals surface area (Å²) in [6, 6.07) is 8.80. The van der Waals surface area contributed by atoms with Gasteiger partial charge in [-0.1, -0.05) is 6.07 Å². The molecule has 1 unspecified atom stereocenters. The van der Waals surface area contributed by atoms with E-state index < -0.39 is 0 Å². The molecule has 1 aliphatic rings. The molecule has 1 aromatic carbocycles. The van der Waals surface area contributed by atoms with E-state index in [4.69, 9.17) is 5.26 Å². The summed E-state index contributed by atoms with van der Waals surface area (Å²) in [4.78, 5) is 3.50. The maximum Gasteiger partial charge on any atom is 0.0649 e. The maximum atomic E-state index is 8.76. The highest BCUT2D eigenvalue weighted by Crippen LogP contribution is 2.41. The van der Waals surface area contributed by atoms with Crippen LogP contribution < -0.4 is 4.90 Å². The van der Waals surface area contributed by atoms with Crippen LogP contribution in [0.25, 0.3) is 0 Å². The van der Waals surface area contributed by atoms with Crippen molar-refractivity contribution in [3.05, 3.63) is 22.7 Å². The van der Waals surface area contributed by atoms with Gasteiger partial charge in [0.05, 0.1) is 24.2 Å². The molecule has 0 saturated heterocycles. The van der Waals surface area contributed by atoms with E-state index in [0.717, 1.165) is 10.2 Å². The minimum atomic E-state index is 0.325. The fourth-order valence-electron chi connectivity index (χ4n) is 1.74. The third-order valence-corrected chi connectivity index (χ3v) is 4.44. The minimum absolute atomic E-state index is 0.325. The number of hydrogen-bond acceptors (Lipinski definition) is 3. The van der Waals surface area contributed by atoms with E-state index in [9.17, 15) is 0 Å². The van der Waals surface area contributed by atoms with Crippen LogP contribution in [0, 0.1) is 11.3 Å². The number of para-hydroxylation sites is 1. The summed E-state index contributed by atoms with van der Waals surface area (Å²) in [7, 11) is 2.06. The highest BCUT2D eigenvalue weighted by molar-refractivity contribution is 9.10. The van der Waals surface area contributed by atoms with Gasteiger partial charge in [-0.15, -0.1) is 11.8 Å². The van der Waals surface area contributed by atoms with Crippen LogP contribution in [0.15, 0.2) is 27.6 Å². The van der Waals surface area contributed by atoms with Gasteiger partial charge in [-0.2, -0.15) is 5.26 Å². The molecule has 0 bridgehead atoms. The highest BCUT2D eigenvalue weighted by atomic mass is 79.9.